The van der Waals surface area contributed by atoms with Gasteiger partial charge in [0, 0.05) is 37.1 Å². The molecule has 0 aliphatic carbocycles. The fourth-order valence-corrected chi connectivity index (χ4v) is 6.35. The number of nitrogens with zero attached hydrogens (tertiary/aromatic N) is 2. The van der Waals surface area contributed by atoms with Gasteiger partial charge in [0.05, 0.1) is 15.9 Å². The fraction of sp³-hybridized carbons (Fsp3) is 0.189. The topological polar surface area (TPSA) is 117 Å². The molecule has 0 amide bonds. The number of carbonyl (C=O) groups is 1. The molecular formula is C37H36N2O6S. The number of aromatic nitrogens is 1. The number of sulfone groups is 1. The quantitative estimate of drug-likeness (QED) is 0.146. The van der Waals surface area contributed by atoms with Gasteiger partial charge < -0.3 is 14.9 Å². The van der Waals surface area contributed by atoms with Crippen LogP contribution in [0, 0.1) is 6.92 Å². The summed E-state index contributed by atoms with van der Waals surface area (Å²) in [5, 5.41) is 20.7. The zero-order chi connectivity index (χ0) is 32.5. The minimum absolute atomic E-state index is 0.0639. The molecule has 0 radical (unpaired) electrons. The molecule has 236 valence electrons. The minimum atomic E-state index is -3.99. The van der Waals surface area contributed by atoms with Crippen molar-refractivity contribution in [2.75, 3.05) is 13.1 Å². The first-order chi connectivity index (χ1) is 22.2. The first-order valence-electron chi connectivity index (χ1n) is 14.9. The molecule has 5 rings (SSSR count). The molecule has 8 nitrogen and oxygen atoms in total. The van der Waals surface area contributed by atoms with Gasteiger partial charge in [-0.3, -0.25) is 9.88 Å². The smallest absolute Gasteiger partial charge is 0.339 e. The highest BCUT2D eigenvalue weighted by Crippen LogP contribution is 2.28. The Balaban J connectivity index is 1.28. The van der Waals surface area contributed by atoms with Crippen molar-refractivity contribution in [1.29, 1.82) is 0 Å². The van der Waals surface area contributed by atoms with E-state index >= 15 is 0 Å². The first-order valence-corrected chi connectivity index (χ1v) is 16.4. The molecule has 0 saturated heterocycles. The summed E-state index contributed by atoms with van der Waals surface area (Å²) in [5.41, 5.74) is 4.32. The van der Waals surface area contributed by atoms with Gasteiger partial charge in [-0.05, 0) is 66.4 Å². The van der Waals surface area contributed by atoms with Gasteiger partial charge in [0.25, 0.3) is 0 Å². The Labute approximate surface area is 269 Å². The van der Waals surface area contributed by atoms with Crippen molar-refractivity contribution in [3.63, 3.8) is 0 Å². The van der Waals surface area contributed by atoms with E-state index in [4.69, 9.17) is 4.74 Å². The molecule has 0 aliphatic rings. The molecule has 0 saturated carbocycles. The maximum Gasteiger partial charge on any atom is 0.339 e. The largest absolute Gasteiger partial charge is 0.488 e. The summed E-state index contributed by atoms with van der Waals surface area (Å²) < 4.78 is 32.7. The zero-order valence-electron chi connectivity index (χ0n) is 25.5. The summed E-state index contributed by atoms with van der Waals surface area (Å²) in [4.78, 5) is 18.4. The Morgan fingerprint density at radius 3 is 2.11 bits per heavy atom. The van der Waals surface area contributed by atoms with Gasteiger partial charge in [-0.2, -0.15) is 0 Å². The van der Waals surface area contributed by atoms with E-state index in [1.165, 1.54) is 12.1 Å². The van der Waals surface area contributed by atoms with E-state index in [0.717, 1.165) is 34.0 Å². The number of carboxylic acids is 1. The number of aryl methyl sites for hydroxylation is 1. The number of hydrogen-bond donors (Lipinski definition) is 2. The number of aromatic carboxylic acids is 1. The number of carboxylic acid groups (broad SMARTS) is 1. The second-order valence-corrected chi connectivity index (χ2v) is 13.1. The molecule has 0 fully saturated rings. The number of benzene rings is 4. The number of hydrogen-bond acceptors (Lipinski definition) is 7. The van der Waals surface area contributed by atoms with Crippen molar-refractivity contribution in [3.05, 3.63) is 155 Å². The monoisotopic (exact) mass is 636 g/mol. The standard InChI is InChI=1S/C37H36N2O6S/c1-27-12-15-31(23-38-27)35(40)25-39(24-29-8-4-2-5-9-29)21-20-28-13-16-32(17-14-28)46(43,44)33-18-19-36(34(22-33)37(41)42)45-26-30-10-6-3-7-11-30/h2-19,22-23,35,40H,20-21,24-26H2,1H3,(H,41,42)/t35-/m0/s1. The molecule has 1 aromatic heterocycles. The van der Waals surface area contributed by atoms with E-state index in [1.807, 2.05) is 79.7 Å². The molecule has 0 spiro atoms. The van der Waals surface area contributed by atoms with Crippen LogP contribution in [-0.2, 0) is 29.4 Å². The van der Waals surface area contributed by atoms with Gasteiger partial charge in [-0.25, -0.2) is 13.2 Å². The highest BCUT2D eigenvalue weighted by Gasteiger charge is 2.22. The fourth-order valence-electron chi connectivity index (χ4n) is 5.07. The zero-order valence-corrected chi connectivity index (χ0v) is 26.3. The molecule has 9 heteroatoms. The predicted octanol–water partition coefficient (Wildman–Crippen LogP) is 6.28. The van der Waals surface area contributed by atoms with Crippen LogP contribution in [0.5, 0.6) is 5.75 Å². The first kappa shape index (κ1) is 32.6. The van der Waals surface area contributed by atoms with Crippen molar-refractivity contribution in [1.82, 2.24) is 9.88 Å². The van der Waals surface area contributed by atoms with Crippen molar-refractivity contribution in [2.24, 2.45) is 0 Å². The Bertz CT molecular complexity index is 1850. The lowest BCUT2D eigenvalue weighted by Crippen LogP contribution is -2.30. The van der Waals surface area contributed by atoms with Gasteiger partial charge in [0.15, 0.2) is 0 Å². The van der Waals surface area contributed by atoms with E-state index in [2.05, 4.69) is 9.88 Å². The van der Waals surface area contributed by atoms with E-state index in [1.54, 1.807) is 30.5 Å². The Morgan fingerprint density at radius 2 is 1.48 bits per heavy atom. The van der Waals surface area contributed by atoms with Crippen LogP contribution in [0.15, 0.2) is 131 Å². The number of aliphatic hydroxyl groups is 1. The lowest BCUT2D eigenvalue weighted by atomic mass is 10.1. The van der Waals surface area contributed by atoms with Crippen LogP contribution in [0.4, 0.5) is 0 Å². The minimum Gasteiger partial charge on any atom is -0.488 e. The van der Waals surface area contributed by atoms with Crippen LogP contribution in [0.1, 0.15) is 44.4 Å². The predicted molar refractivity (Wildman–Crippen MR) is 175 cm³/mol. The summed E-state index contributed by atoms with van der Waals surface area (Å²) in [7, 11) is -3.99. The number of rotatable bonds is 14. The molecule has 5 aromatic rings. The average molecular weight is 637 g/mol. The van der Waals surface area contributed by atoms with Crippen molar-refractivity contribution >= 4 is 15.8 Å². The molecule has 1 heterocycles. The third kappa shape index (κ3) is 8.45. The average Bonchev–Trinajstić information content (AvgIpc) is 3.07. The molecule has 0 bridgehead atoms. The number of aliphatic hydroxyl groups excluding tert-OH is 1. The van der Waals surface area contributed by atoms with Crippen molar-refractivity contribution in [3.8, 4) is 5.75 Å². The molecule has 46 heavy (non-hydrogen) atoms. The van der Waals surface area contributed by atoms with E-state index in [-0.39, 0.29) is 27.7 Å². The van der Waals surface area contributed by atoms with Crippen LogP contribution in [0.25, 0.3) is 0 Å². The molecule has 0 unspecified atom stereocenters. The van der Waals surface area contributed by atoms with Crippen LogP contribution in [0.2, 0.25) is 0 Å². The maximum absolute atomic E-state index is 13.5. The second kappa shape index (κ2) is 15.0. The summed E-state index contributed by atoms with van der Waals surface area (Å²) in [5.74, 6) is -1.19. The summed E-state index contributed by atoms with van der Waals surface area (Å²) >= 11 is 0. The van der Waals surface area contributed by atoms with E-state index in [9.17, 15) is 23.4 Å². The van der Waals surface area contributed by atoms with E-state index < -0.39 is 21.9 Å². The van der Waals surface area contributed by atoms with Gasteiger partial charge >= 0.3 is 5.97 Å². The van der Waals surface area contributed by atoms with Crippen LogP contribution >= 0.6 is 0 Å². The summed E-state index contributed by atoms with van der Waals surface area (Å²) in [6.45, 7) is 3.73. The van der Waals surface area contributed by atoms with Gasteiger partial charge in [-0.15, -0.1) is 0 Å². The molecular weight excluding hydrogens is 600 g/mol. The molecule has 0 aliphatic heterocycles. The number of pyridine rings is 1. The molecule has 1 atom stereocenters. The molecule has 4 aromatic carbocycles. The Kier molecular flexibility index (Phi) is 10.6. The summed E-state index contributed by atoms with van der Waals surface area (Å²) in [6.07, 6.45) is 1.61. The highest BCUT2D eigenvalue weighted by molar-refractivity contribution is 7.91. The van der Waals surface area contributed by atoms with Crippen LogP contribution in [0.3, 0.4) is 0 Å². The van der Waals surface area contributed by atoms with E-state index in [0.29, 0.717) is 26.1 Å². The van der Waals surface area contributed by atoms with Crippen LogP contribution < -0.4 is 4.74 Å². The van der Waals surface area contributed by atoms with Crippen LogP contribution in [-0.4, -0.2) is 47.6 Å². The summed E-state index contributed by atoms with van der Waals surface area (Å²) in [6, 6.07) is 33.6. The van der Waals surface area contributed by atoms with Crippen molar-refractivity contribution in [2.45, 2.75) is 42.4 Å². The van der Waals surface area contributed by atoms with Gasteiger partial charge in [0.1, 0.15) is 17.9 Å². The Morgan fingerprint density at radius 1 is 0.826 bits per heavy atom. The lowest BCUT2D eigenvalue weighted by molar-refractivity contribution is 0.0691. The number of ether oxygens (including phenoxy) is 1. The third-order valence-corrected chi connectivity index (χ3v) is 9.45. The second-order valence-electron chi connectivity index (χ2n) is 11.1. The van der Waals surface area contributed by atoms with Crippen molar-refractivity contribution < 1.29 is 28.2 Å². The van der Waals surface area contributed by atoms with Gasteiger partial charge in [0.2, 0.25) is 9.84 Å². The highest BCUT2D eigenvalue weighted by atomic mass is 32.2. The Hall–Kier alpha value is -4.83. The normalized spacial score (nSPS) is 12.2. The maximum atomic E-state index is 13.5. The third-order valence-electron chi connectivity index (χ3n) is 7.68. The lowest BCUT2D eigenvalue weighted by Gasteiger charge is -2.25. The molecule has 2 N–H and O–H groups in total. The SMILES string of the molecule is Cc1ccc([C@@H](O)CN(CCc2ccc(S(=O)(=O)c3ccc(OCc4ccccc4)c(C(=O)O)c3)cc2)Cc2ccccc2)cn1. The van der Waals surface area contributed by atoms with Gasteiger partial charge in [-0.1, -0.05) is 78.9 Å².